The van der Waals surface area contributed by atoms with Crippen molar-refractivity contribution in [2.45, 2.75) is 59.0 Å². The van der Waals surface area contributed by atoms with Gasteiger partial charge in [-0.25, -0.2) is 4.79 Å². The molecule has 0 unspecified atom stereocenters. The summed E-state index contributed by atoms with van der Waals surface area (Å²) in [5, 5.41) is 3.08. The van der Waals surface area contributed by atoms with Gasteiger partial charge in [0.25, 0.3) is 5.56 Å². The third kappa shape index (κ3) is 4.83. The fourth-order valence-corrected chi connectivity index (χ4v) is 3.35. The number of amides is 2. The largest absolute Gasteiger partial charge is 0.353 e. The normalized spacial score (nSPS) is 20.0. The lowest BCUT2D eigenvalue weighted by atomic mass is 9.89. The fourth-order valence-electron chi connectivity index (χ4n) is 3.35. The van der Waals surface area contributed by atoms with Gasteiger partial charge in [-0.1, -0.05) is 13.8 Å². The molecule has 26 heavy (non-hydrogen) atoms. The molecule has 1 aliphatic heterocycles. The summed E-state index contributed by atoms with van der Waals surface area (Å²) in [4.78, 5) is 51.7. The predicted molar refractivity (Wildman–Crippen MR) is 97.9 cm³/mol. The molecule has 0 bridgehead atoms. The maximum Gasteiger partial charge on any atom is 0.328 e. The quantitative estimate of drug-likeness (QED) is 0.762. The van der Waals surface area contributed by atoms with Crippen molar-refractivity contribution in [3.05, 3.63) is 32.6 Å². The Hall–Kier alpha value is -2.38. The number of piperidine rings is 1. The van der Waals surface area contributed by atoms with E-state index in [4.69, 9.17) is 0 Å². The SMILES string of the molecule is CCCC(=O)N[C@H]1CCN(C(=O)Cn2cc(C)c(=O)[nH]c2=O)C[C@H]1CC. The van der Waals surface area contributed by atoms with E-state index in [1.807, 2.05) is 13.8 Å². The van der Waals surface area contributed by atoms with Gasteiger partial charge in [-0.2, -0.15) is 0 Å². The van der Waals surface area contributed by atoms with E-state index in [-0.39, 0.29) is 30.3 Å². The molecule has 2 atom stereocenters. The van der Waals surface area contributed by atoms with Gasteiger partial charge in [0.05, 0.1) is 0 Å². The lowest BCUT2D eigenvalue weighted by Crippen LogP contribution is -2.53. The number of aromatic amines is 1. The Bertz CT molecular complexity index is 767. The molecule has 1 fully saturated rings. The number of nitrogens with zero attached hydrogens (tertiary/aromatic N) is 2. The van der Waals surface area contributed by atoms with E-state index in [9.17, 15) is 19.2 Å². The lowest BCUT2D eigenvalue weighted by Gasteiger charge is -2.38. The molecule has 0 radical (unpaired) electrons. The summed E-state index contributed by atoms with van der Waals surface area (Å²) < 4.78 is 1.23. The monoisotopic (exact) mass is 364 g/mol. The molecule has 1 aromatic rings. The number of carbonyl (C=O) groups is 2. The molecular formula is C18H28N4O4. The predicted octanol–water partition coefficient (Wildman–Crippen LogP) is 0.388. The van der Waals surface area contributed by atoms with Crippen LogP contribution in [0.2, 0.25) is 0 Å². The van der Waals surface area contributed by atoms with Gasteiger partial charge in [-0.3, -0.25) is 23.9 Å². The van der Waals surface area contributed by atoms with Gasteiger partial charge in [0, 0.05) is 37.3 Å². The molecule has 8 nitrogen and oxygen atoms in total. The maximum absolute atomic E-state index is 12.6. The second-order valence-electron chi connectivity index (χ2n) is 6.92. The van der Waals surface area contributed by atoms with Crippen LogP contribution in [-0.4, -0.2) is 45.4 Å². The van der Waals surface area contributed by atoms with Crippen molar-refractivity contribution in [1.82, 2.24) is 19.8 Å². The summed E-state index contributed by atoms with van der Waals surface area (Å²) in [6.07, 6.45) is 4.31. The van der Waals surface area contributed by atoms with Crippen LogP contribution in [0.15, 0.2) is 15.8 Å². The molecular weight excluding hydrogens is 336 g/mol. The van der Waals surface area contributed by atoms with Gasteiger partial charge < -0.3 is 10.2 Å². The molecule has 0 spiro atoms. The number of aryl methyl sites for hydroxylation is 1. The number of hydrogen-bond acceptors (Lipinski definition) is 4. The molecule has 2 N–H and O–H groups in total. The van der Waals surface area contributed by atoms with Crippen LogP contribution >= 0.6 is 0 Å². The van der Waals surface area contributed by atoms with Crippen molar-refractivity contribution in [3.63, 3.8) is 0 Å². The average molecular weight is 364 g/mol. The Morgan fingerprint density at radius 1 is 1.31 bits per heavy atom. The number of nitrogens with one attached hydrogen (secondary N) is 2. The van der Waals surface area contributed by atoms with E-state index in [0.29, 0.717) is 31.5 Å². The number of hydrogen-bond donors (Lipinski definition) is 2. The molecule has 0 saturated carbocycles. The van der Waals surface area contributed by atoms with Crippen LogP contribution in [0.5, 0.6) is 0 Å². The Morgan fingerprint density at radius 2 is 2.04 bits per heavy atom. The number of carbonyl (C=O) groups excluding carboxylic acids is 2. The number of H-pyrrole nitrogens is 1. The van der Waals surface area contributed by atoms with Crippen molar-refractivity contribution < 1.29 is 9.59 Å². The Morgan fingerprint density at radius 3 is 2.69 bits per heavy atom. The van der Waals surface area contributed by atoms with E-state index in [0.717, 1.165) is 12.8 Å². The zero-order valence-electron chi connectivity index (χ0n) is 15.7. The van der Waals surface area contributed by atoms with Crippen LogP contribution in [0.1, 0.15) is 45.1 Å². The number of aromatic nitrogens is 2. The van der Waals surface area contributed by atoms with Gasteiger partial charge in [0.1, 0.15) is 6.54 Å². The van der Waals surface area contributed by atoms with Gasteiger partial charge in [0.15, 0.2) is 0 Å². The summed E-state index contributed by atoms with van der Waals surface area (Å²) in [6.45, 7) is 6.62. The van der Waals surface area contributed by atoms with Crippen LogP contribution in [0.4, 0.5) is 0 Å². The summed E-state index contributed by atoms with van der Waals surface area (Å²) in [6, 6.07) is 0.0844. The highest BCUT2D eigenvalue weighted by molar-refractivity contribution is 5.77. The second kappa shape index (κ2) is 8.82. The average Bonchev–Trinajstić information content (AvgIpc) is 2.60. The highest BCUT2D eigenvalue weighted by atomic mass is 16.2. The van der Waals surface area contributed by atoms with Crippen molar-refractivity contribution in [2.24, 2.45) is 5.92 Å². The van der Waals surface area contributed by atoms with E-state index in [2.05, 4.69) is 10.3 Å². The maximum atomic E-state index is 12.6. The first-order chi connectivity index (χ1) is 12.3. The minimum absolute atomic E-state index is 0.0611. The van der Waals surface area contributed by atoms with Crippen molar-refractivity contribution in [1.29, 1.82) is 0 Å². The van der Waals surface area contributed by atoms with E-state index in [1.54, 1.807) is 11.8 Å². The first-order valence-electron chi connectivity index (χ1n) is 9.23. The molecule has 2 amide bonds. The fraction of sp³-hybridized carbons (Fsp3) is 0.667. The topological polar surface area (TPSA) is 104 Å². The zero-order chi connectivity index (χ0) is 19.3. The molecule has 1 aromatic heterocycles. The van der Waals surface area contributed by atoms with Crippen LogP contribution < -0.4 is 16.6 Å². The van der Waals surface area contributed by atoms with E-state index >= 15 is 0 Å². The molecule has 0 aromatic carbocycles. The van der Waals surface area contributed by atoms with Gasteiger partial charge in [-0.05, 0) is 32.1 Å². The standard InChI is InChI=1S/C18H28N4O4/c1-4-6-15(23)19-14-7-8-21(10-13(14)5-2)16(24)11-22-9-12(3)17(25)20-18(22)26/h9,13-14H,4-8,10-11H2,1-3H3,(H,19,23)(H,20,25,26)/t13-,14+/m1/s1. The Balaban J connectivity index is 2.01. The highest BCUT2D eigenvalue weighted by Crippen LogP contribution is 2.21. The molecule has 0 aliphatic carbocycles. The Labute approximate surface area is 152 Å². The number of rotatable bonds is 6. The summed E-state index contributed by atoms with van der Waals surface area (Å²) in [5.74, 6) is 0.101. The third-order valence-electron chi connectivity index (χ3n) is 4.93. The van der Waals surface area contributed by atoms with Crippen molar-refractivity contribution >= 4 is 11.8 Å². The molecule has 2 heterocycles. The minimum Gasteiger partial charge on any atom is -0.353 e. The number of likely N-dealkylation sites (tertiary alicyclic amines) is 1. The first kappa shape index (κ1) is 19.9. The highest BCUT2D eigenvalue weighted by Gasteiger charge is 2.31. The molecule has 2 rings (SSSR count). The smallest absolute Gasteiger partial charge is 0.328 e. The Kier molecular flexibility index (Phi) is 6.76. The van der Waals surface area contributed by atoms with Crippen molar-refractivity contribution in [2.75, 3.05) is 13.1 Å². The molecule has 8 heteroatoms. The second-order valence-corrected chi connectivity index (χ2v) is 6.92. The third-order valence-corrected chi connectivity index (χ3v) is 4.93. The lowest BCUT2D eigenvalue weighted by molar-refractivity contribution is -0.134. The van der Waals surface area contributed by atoms with E-state index in [1.165, 1.54) is 10.8 Å². The summed E-state index contributed by atoms with van der Waals surface area (Å²) >= 11 is 0. The summed E-state index contributed by atoms with van der Waals surface area (Å²) in [7, 11) is 0. The molecule has 1 saturated heterocycles. The minimum atomic E-state index is -0.581. The van der Waals surface area contributed by atoms with Gasteiger partial charge >= 0.3 is 5.69 Å². The first-order valence-corrected chi connectivity index (χ1v) is 9.23. The van der Waals surface area contributed by atoms with Gasteiger partial charge in [0.2, 0.25) is 11.8 Å². The molecule has 144 valence electrons. The zero-order valence-corrected chi connectivity index (χ0v) is 15.7. The van der Waals surface area contributed by atoms with Crippen LogP contribution in [-0.2, 0) is 16.1 Å². The van der Waals surface area contributed by atoms with Crippen molar-refractivity contribution in [3.8, 4) is 0 Å². The molecule has 1 aliphatic rings. The van der Waals surface area contributed by atoms with Gasteiger partial charge in [-0.15, -0.1) is 0 Å². The van der Waals surface area contributed by atoms with Crippen LogP contribution in [0.25, 0.3) is 0 Å². The van der Waals surface area contributed by atoms with Crippen LogP contribution in [0.3, 0.4) is 0 Å². The van der Waals surface area contributed by atoms with Crippen LogP contribution in [0, 0.1) is 12.8 Å². The van der Waals surface area contributed by atoms with E-state index < -0.39 is 11.2 Å². The summed E-state index contributed by atoms with van der Waals surface area (Å²) in [5.41, 5.74) is -0.628.